The van der Waals surface area contributed by atoms with Crippen LogP contribution in [-0.2, 0) is 0 Å². The summed E-state index contributed by atoms with van der Waals surface area (Å²) in [5, 5.41) is 7.60. The molecule has 1 aliphatic heterocycles. The molecule has 0 unspecified atom stereocenters. The van der Waals surface area contributed by atoms with Crippen LogP contribution in [0.15, 0.2) is 47.1 Å². The maximum absolute atomic E-state index is 12.8. The number of anilines is 2. The van der Waals surface area contributed by atoms with Gasteiger partial charge in [0.2, 0.25) is 5.95 Å². The highest BCUT2D eigenvalue weighted by Gasteiger charge is 2.24. The highest BCUT2D eigenvalue weighted by molar-refractivity contribution is 9.10. The molecule has 1 aromatic carbocycles. The maximum Gasteiger partial charge on any atom is 0.253 e. The van der Waals surface area contributed by atoms with Crippen LogP contribution in [0.4, 0.5) is 11.6 Å². The minimum absolute atomic E-state index is 0. The zero-order valence-corrected chi connectivity index (χ0v) is 17.6. The fourth-order valence-electron chi connectivity index (χ4n) is 3.50. The first kappa shape index (κ1) is 21.3. The highest BCUT2D eigenvalue weighted by Crippen LogP contribution is 2.21. The van der Waals surface area contributed by atoms with Crippen molar-refractivity contribution >= 4 is 39.1 Å². The summed E-state index contributed by atoms with van der Waals surface area (Å²) >= 11 is 3.47. The van der Waals surface area contributed by atoms with Gasteiger partial charge in [0, 0.05) is 30.5 Å². The van der Waals surface area contributed by atoms with E-state index in [-0.39, 0.29) is 13.3 Å². The Hall–Kier alpha value is -2.45. The van der Waals surface area contributed by atoms with Crippen molar-refractivity contribution in [1.29, 1.82) is 0 Å². The van der Waals surface area contributed by atoms with Crippen LogP contribution in [0, 0.1) is 0 Å². The summed E-state index contributed by atoms with van der Waals surface area (Å²) in [7, 11) is 4.03. The number of fused-ring (bicyclic) bond motifs is 1. The largest absolute Gasteiger partial charge is 0.339 e. The Bertz CT molecular complexity index is 979. The standard InChI is InChI=1S/C20H23BrN6O.CH4/c1-25-12-9-16(10-13-25)26(2)19(28)14-5-7-15(8-6-14)22-20-23-18-17(21)4-3-11-27(18)24-20;/h3-8,11,16H,9-10,12-13H2,1-2H3,(H,22,24);1H4. The summed E-state index contributed by atoms with van der Waals surface area (Å²) in [6.45, 7) is 2.07. The van der Waals surface area contributed by atoms with E-state index < -0.39 is 0 Å². The summed E-state index contributed by atoms with van der Waals surface area (Å²) in [5.41, 5.74) is 2.28. The van der Waals surface area contributed by atoms with E-state index in [9.17, 15) is 4.79 Å². The normalized spacial score (nSPS) is 15.1. The van der Waals surface area contributed by atoms with Gasteiger partial charge in [-0.05, 0) is 85.3 Å². The van der Waals surface area contributed by atoms with Crippen molar-refractivity contribution in [3.05, 3.63) is 52.6 Å². The molecule has 1 N–H and O–H groups in total. The average Bonchev–Trinajstić information content (AvgIpc) is 3.12. The molecule has 1 aliphatic rings. The zero-order chi connectivity index (χ0) is 19.7. The van der Waals surface area contributed by atoms with Crippen LogP contribution in [-0.4, -0.2) is 63.5 Å². The number of carbonyl (C=O) groups excluding carboxylic acids is 1. The number of carbonyl (C=O) groups is 1. The number of aromatic nitrogens is 3. The van der Waals surface area contributed by atoms with Crippen LogP contribution in [0.25, 0.3) is 5.65 Å². The molecule has 0 atom stereocenters. The van der Waals surface area contributed by atoms with Crippen molar-refractivity contribution in [2.24, 2.45) is 0 Å². The molecule has 0 radical (unpaired) electrons. The minimum Gasteiger partial charge on any atom is -0.339 e. The van der Waals surface area contributed by atoms with E-state index >= 15 is 0 Å². The molecule has 0 bridgehead atoms. The summed E-state index contributed by atoms with van der Waals surface area (Å²) < 4.78 is 2.59. The van der Waals surface area contributed by atoms with E-state index in [1.165, 1.54) is 0 Å². The SMILES string of the molecule is C.CN1CCC(N(C)C(=O)c2ccc(Nc3nc4c(Br)cccn4n3)cc2)CC1. The third-order valence-electron chi connectivity index (χ3n) is 5.26. The number of piperidine rings is 1. The van der Waals surface area contributed by atoms with E-state index in [0.29, 0.717) is 17.6 Å². The van der Waals surface area contributed by atoms with Crippen molar-refractivity contribution in [1.82, 2.24) is 24.4 Å². The van der Waals surface area contributed by atoms with Gasteiger partial charge in [-0.1, -0.05) is 7.43 Å². The lowest BCUT2D eigenvalue weighted by Crippen LogP contribution is -2.44. The molecule has 0 spiro atoms. The van der Waals surface area contributed by atoms with Gasteiger partial charge in [0.15, 0.2) is 5.65 Å². The first-order valence-electron chi connectivity index (χ1n) is 9.35. The first-order valence-corrected chi connectivity index (χ1v) is 10.1. The van der Waals surface area contributed by atoms with Crippen molar-refractivity contribution < 1.29 is 4.79 Å². The highest BCUT2D eigenvalue weighted by atomic mass is 79.9. The second-order valence-corrected chi connectivity index (χ2v) is 8.07. The number of hydrogen-bond acceptors (Lipinski definition) is 5. The Morgan fingerprint density at radius 2 is 1.90 bits per heavy atom. The number of pyridine rings is 1. The molecule has 1 fully saturated rings. The van der Waals surface area contributed by atoms with Crippen LogP contribution >= 0.6 is 15.9 Å². The number of likely N-dealkylation sites (tertiary alicyclic amines) is 1. The van der Waals surface area contributed by atoms with Crippen LogP contribution in [0.5, 0.6) is 0 Å². The third-order valence-corrected chi connectivity index (χ3v) is 5.88. The molecule has 4 rings (SSSR count). The molecule has 8 heteroatoms. The molecule has 7 nitrogen and oxygen atoms in total. The van der Waals surface area contributed by atoms with E-state index in [4.69, 9.17) is 0 Å². The monoisotopic (exact) mass is 458 g/mol. The lowest BCUT2D eigenvalue weighted by Gasteiger charge is -2.35. The summed E-state index contributed by atoms with van der Waals surface area (Å²) in [5.74, 6) is 0.574. The number of hydrogen-bond donors (Lipinski definition) is 1. The van der Waals surface area contributed by atoms with Gasteiger partial charge in [0.1, 0.15) is 0 Å². The lowest BCUT2D eigenvalue weighted by molar-refractivity contribution is 0.0659. The smallest absolute Gasteiger partial charge is 0.253 e. The molecular weight excluding hydrogens is 432 g/mol. The molecule has 1 saturated heterocycles. The average molecular weight is 459 g/mol. The second-order valence-electron chi connectivity index (χ2n) is 7.21. The molecule has 1 amide bonds. The minimum atomic E-state index is 0. The predicted molar refractivity (Wildman–Crippen MR) is 120 cm³/mol. The predicted octanol–water partition coefficient (Wildman–Crippen LogP) is 4.04. The van der Waals surface area contributed by atoms with E-state index in [2.05, 4.69) is 43.3 Å². The number of benzene rings is 1. The van der Waals surface area contributed by atoms with Crippen LogP contribution in [0.2, 0.25) is 0 Å². The van der Waals surface area contributed by atoms with Gasteiger partial charge in [-0.25, -0.2) is 4.52 Å². The Morgan fingerprint density at radius 3 is 2.55 bits per heavy atom. The molecule has 154 valence electrons. The summed E-state index contributed by atoms with van der Waals surface area (Å²) in [6.07, 6.45) is 3.89. The molecule has 29 heavy (non-hydrogen) atoms. The van der Waals surface area contributed by atoms with Crippen LogP contribution in [0.1, 0.15) is 30.6 Å². The van der Waals surface area contributed by atoms with Gasteiger partial charge in [0.25, 0.3) is 5.91 Å². The Balaban J connectivity index is 0.00000240. The van der Waals surface area contributed by atoms with Gasteiger partial charge in [-0.15, -0.1) is 5.10 Å². The van der Waals surface area contributed by atoms with Gasteiger partial charge in [-0.3, -0.25) is 4.79 Å². The summed E-state index contributed by atoms with van der Waals surface area (Å²) in [6, 6.07) is 11.6. The number of nitrogens with one attached hydrogen (secondary N) is 1. The number of halogens is 1. The molecule has 3 aromatic rings. The maximum atomic E-state index is 12.8. The third kappa shape index (κ3) is 4.59. The van der Waals surface area contributed by atoms with Crippen LogP contribution in [0.3, 0.4) is 0 Å². The van der Waals surface area contributed by atoms with Crippen molar-refractivity contribution in [2.75, 3.05) is 32.5 Å². The fraction of sp³-hybridized carbons (Fsp3) is 0.381. The van der Waals surface area contributed by atoms with Crippen LogP contribution < -0.4 is 5.32 Å². The van der Waals surface area contributed by atoms with Gasteiger partial charge >= 0.3 is 0 Å². The zero-order valence-electron chi connectivity index (χ0n) is 16.0. The summed E-state index contributed by atoms with van der Waals surface area (Å²) in [4.78, 5) is 21.5. The quantitative estimate of drug-likeness (QED) is 0.638. The molecule has 3 heterocycles. The molecule has 0 aliphatic carbocycles. The number of rotatable bonds is 4. The molecule has 0 saturated carbocycles. The Morgan fingerprint density at radius 1 is 1.21 bits per heavy atom. The van der Waals surface area contributed by atoms with Crippen molar-refractivity contribution in [2.45, 2.75) is 26.3 Å². The van der Waals surface area contributed by atoms with Gasteiger partial charge in [0.05, 0.1) is 4.47 Å². The van der Waals surface area contributed by atoms with Crippen molar-refractivity contribution in [3.63, 3.8) is 0 Å². The van der Waals surface area contributed by atoms with Gasteiger partial charge in [-0.2, -0.15) is 4.98 Å². The van der Waals surface area contributed by atoms with E-state index in [0.717, 1.165) is 41.7 Å². The lowest BCUT2D eigenvalue weighted by atomic mass is 10.0. The fourth-order valence-corrected chi connectivity index (χ4v) is 3.93. The Labute approximate surface area is 179 Å². The molecule has 2 aromatic heterocycles. The number of nitrogens with zero attached hydrogens (tertiary/aromatic N) is 5. The second kappa shape index (κ2) is 8.92. The van der Waals surface area contributed by atoms with Crippen molar-refractivity contribution in [3.8, 4) is 0 Å². The first-order chi connectivity index (χ1) is 13.5. The van der Waals surface area contributed by atoms with E-state index in [1.807, 2.05) is 54.5 Å². The Kier molecular flexibility index (Phi) is 6.54. The topological polar surface area (TPSA) is 65.8 Å². The van der Waals surface area contributed by atoms with E-state index in [1.54, 1.807) is 4.52 Å². The molecular formula is C21H27BrN6O. The number of amides is 1. The van der Waals surface area contributed by atoms with Gasteiger partial charge < -0.3 is 15.1 Å².